The van der Waals surface area contributed by atoms with Gasteiger partial charge in [-0.05, 0) is 25.3 Å². The molecule has 5 heteroatoms. The summed E-state index contributed by atoms with van der Waals surface area (Å²) in [6.45, 7) is 2.14. The number of hydrogen-bond donors (Lipinski definition) is 3. The first kappa shape index (κ1) is 16.5. The number of nitrogens with two attached hydrogens (primary N) is 1. The summed E-state index contributed by atoms with van der Waals surface area (Å²) in [6, 6.07) is 9.08. The van der Waals surface area contributed by atoms with E-state index in [2.05, 4.69) is 10.6 Å². The quantitative estimate of drug-likeness (QED) is 0.770. The van der Waals surface area contributed by atoms with Gasteiger partial charge in [-0.1, -0.05) is 49.6 Å². The second-order valence-electron chi connectivity index (χ2n) is 6.12. The average Bonchev–Trinajstić information content (AvgIpc) is 2.54. The van der Waals surface area contributed by atoms with Crippen molar-refractivity contribution in [1.29, 1.82) is 0 Å². The van der Waals surface area contributed by atoms with Crippen LogP contribution >= 0.6 is 0 Å². The van der Waals surface area contributed by atoms with E-state index in [-0.39, 0.29) is 11.8 Å². The SMILES string of the molecule is CC(NC(=O)C1(N)CCCCC1)C(=O)NCc1ccccc1. The highest BCUT2D eigenvalue weighted by Crippen LogP contribution is 2.26. The van der Waals surface area contributed by atoms with Crippen LogP contribution in [0.1, 0.15) is 44.6 Å². The van der Waals surface area contributed by atoms with Crippen molar-refractivity contribution in [2.45, 2.75) is 57.2 Å². The number of hydrogen-bond acceptors (Lipinski definition) is 3. The van der Waals surface area contributed by atoms with E-state index >= 15 is 0 Å². The molecule has 0 aliphatic heterocycles. The maximum Gasteiger partial charge on any atom is 0.242 e. The molecule has 22 heavy (non-hydrogen) atoms. The Kier molecular flexibility index (Phi) is 5.55. The minimum atomic E-state index is -0.813. The molecule has 1 atom stereocenters. The lowest BCUT2D eigenvalue weighted by Crippen LogP contribution is -2.58. The van der Waals surface area contributed by atoms with Crippen LogP contribution in [0.2, 0.25) is 0 Å². The van der Waals surface area contributed by atoms with Gasteiger partial charge in [0.2, 0.25) is 11.8 Å². The fourth-order valence-electron chi connectivity index (χ4n) is 2.75. The minimum absolute atomic E-state index is 0.198. The van der Waals surface area contributed by atoms with Crippen LogP contribution < -0.4 is 16.4 Å². The van der Waals surface area contributed by atoms with Crippen molar-refractivity contribution in [2.75, 3.05) is 0 Å². The molecule has 2 amide bonds. The van der Waals surface area contributed by atoms with E-state index in [1.54, 1.807) is 6.92 Å². The zero-order valence-electron chi connectivity index (χ0n) is 13.1. The molecule has 0 bridgehead atoms. The number of carbonyl (C=O) groups excluding carboxylic acids is 2. The standard InChI is InChI=1S/C17H25N3O2/c1-13(15(21)19-12-14-8-4-2-5-9-14)20-16(22)17(18)10-6-3-7-11-17/h2,4-5,8-9,13H,3,6-7,10-12,18H2,1H3,(H,19,21)(H,20,22). The van der Waals surface area contributed by atoms with Gasteiger partial charge in [-0.15, -0.1) is 0 Å². The van der Waals surface area contributed by atoms with Gasteiger partial charge in [-0.25, -0.2) is 0 Å². The summed E-state index contributed by atoms with van der Waals surface area (Å²) in [7, 11) is 0. The van der Waals surface area contributed by atoms with E-state index in [1.165, 1.54) is 0 Å². The largest absolute Gasteiger partial charge is 0.350 e. The van der Waals surface area contributed by atoms with Crippen molar-refractivity contribution in [3.8, 4) is 0 Å². The van der Waals surface area contributed by atoms with Crippen LogP contribution in [0.5, 0.6) is 0 Å². The van der Waals surface area contributed by atoms with E-state index < -0.39 is 11.6 Å². The number of benzene rings is 1. The molecule has 0 heterocycles. The van der Waals surface area contributed by atoms with Crippen LogP contribution in [0.25, 0.3) is 0 Å². The second kappa shape index (κ2) is 7.40. The first-order chi connectivity index (χ1) is 10.5. The van der Waals surface area contributed by atoms with E-state index in [1.807, 2.05) is 30.3 Å². The van der Waals surface area contributed by atoms with Crippen molar-refractivity contribution in [3.05, 3.63) is 35.9 Å². The van der Waals surface area contributed by atoms with E-state index in [0.29, 0.717) is 19.4 Å². The Morgan fingerprint density at radius 2 is 1.82 bits per heavy atom. The zero-order chi connectivity index (χ0) is 16.0. The number of carbonyl (C=O) groups is 2. The molecule has 1 fully saturated rings. The van der Waals surface area contributed by atoms with Crippen molar-refractivity contribution in [2.24, 2.45) is 5.73 Å². The van der Waals surface area contributed by atoms with Crippen LogP contribution in [0.4, 0.5) is 0 Å². The van der Waals surface area contributed by atoms with Gasteiger partial charge in [0.25, 0.3) is 0 Å². The summed E-state index contributed by atoms with van der Waals surface area (Å²) in [5.74, 6) is -0.411. The summed E-state index contributed by atoms with van der Waals surface area (Å²) in [6.07, 6.45) is 4.45. The Morgan fingerprint density at radius 3 is 2.45 bits per heavy atom. The number of nitrogens with one attached hydrogen (secondary N) is 2. The maximum atomic E-state index is 12.3. The first-order valence-electron chi connectivity index (χ1n) is 7.93. The molecule has 120 valence electrons. The van der Waals surface area contributed by atoms with Gasteiger partial charge in [0.1, 0.15) is 6.04 Å². The van der Waals surface area contributed by atoms with Crippen molar-refractivity contribution < 1.29 is 9.59 Å². The predicted octanol–water partition coefficient (Wildman–Crippen LogP) is 1.47. The van der Waals surface area contributed by atoms with Gasteiger partial charge in [0.15, 0.2) is 0 Å². The highest BCUT2D eigenvalue weighted by atomic mass is 16.2. The monoisotopic (exact) mass is 303 g/mol. The summed E-state index contributed by atoms with van der Waals surface area (Å²) < 4.78 is 0. The smallest absolute Gasteiger partial charge is 0.242 e. The van der Waals surface area contributed by atoms with E-state index in [0.717, 1.165) is 24.8 Å². The summed E-state index contributed by atoms with van der Waals surface area (Å²) in [5, 5.41) is 5.58. The third kappa shape index (κ3) is 4.31. The molecule has 0 radical (unpaired) electrons. The first-order valence-corrected chi connectivity index (χ1v) is 7.93. The maximum absolute atomic E-state index is 12.3. The minimum Gasteiger partial charge on any atom is -0.350 e. The Hall–Kier alpha value is -1.88. The molecule has 1 unspecified atom stereocenters. The van der Waals surface area contributed by atoms with Gasteiger partial charge in [-0.3, -0.25) is 9.59 Å². The molecule has 0 saturated heterocycles. The molecule has 2 rings (SSSR count). The van der Waals surface area contributed by atoms with Crippen molar-refractivity contribution in [1.82, 2.24) is 10.6 Å². The average molecular weight is 303 g/mol. The van der Waals surface area contributed by atoms with E-state index in [9.17, 15) is 9.59 Å². The second-order valence-corrected chi connectivity index (χ2v) is 6.12. The molecule has 1 aromatic rings. The topological polar surface area (TPSA) is 84.2 Å². The van der Waals surface area contributed by atoms with Gasteiger partial charge < -0.3 is 16.4 Å². The molecule has 1 aliphatic rings. The molecular formula is C17H25N3O2. The van der Waals surface area contributed by atoms with Crippen molar-refractivity contribution in [3.63, 3.8) is 0 Å². The molecule has 1 aliphatic carbocycles. The summed E-state index contributed by atoms with van der Waals surface area (Å²) in [5.41, 5.74) is 6.38. The lowest BCUT2D eigenvalue weighted by molar-refractivity contribution is -0.132. The fraction of sp³-hybridized carbons (Fsp3) is 0.529. The van der Waals surface area contributed by atoms with Gasteiger partial charge in [-0.2, -0.15) is 0 Å². The zero-order valence-corrected chi connectivity index (χ0v) is 13.1. The Morgan fingerprint density at radius 1 is 1.18 bits per heavy atom. The summed E-state index contributed by atoms with van der Waals surface area (Å²) >= 11 is 0. The Labute approximate surface area is 131 Å². The van der Waals surface area contributed by atoms with Crippen molar-refractivity contribution >= 4 is 11.8 Å². The molecular weight excluding hydrogens is 278 g/mol. The summed E-state index contributed by atoms with van der Waals surface area (Å²) in [4.78, 5) is 24.4. The number of amides is 2. The van der Waals surface area contributed by atoms with Gasteiger partial charge in [0.05, 0.1) is 5.54 Å². The Bertz CT molecular complexity index is 510. The van der Waals surface area contributed by atoms with Gasteiger partial charge in [0, 0.05) is 6.54 Å². The van der Waals surface area contributed by atoms with Gasteiger partial charge >= 0.3 is 0 Å². The molecule has 0 spiro atoms. The van der Waals surface area contributed by atoms with Crippen LogP contribution in [0, 0.1) is 0 Å². The van der Waals surface area contributed by atoms with Crippen LogP contribution in [-0.4, -0.2) is 23.4 Å². The molecule has 1 aromatic carbocycles. The Balaban J connectivity index is 1.81. The third-order valence-corrected chi connectivity index (χ3v) is 4.25. The lowest BCUT2D eigenvalue weighted by Gasteiger charge is -2.32. The highest BCUT2D eigenvalue weighted by molar-refractivity contribution is 5.91. The number of rotatable bonds is 5. The fourth-order valence-corrected chi connectivity index (χ4v) is 2.75. The van der Waals surface area contributed by atoms with Crippen LogP contribution in [-0.2, 0) is 16.1 Å². The van der Waals surface area contributed by atoms with E-state index in [4.69, 9.17) is 5.73 Å². The lowest BCUT2D eigenvalue weighted by atomic mass is 9.82. The normalized spacial score (nSPS) is 18.3. The molecule has 5 nitrogen and oxygen atoms in total. The van der Waals surface area contributed by atoms with Crippen LogP contribution in [0.15, 0.2) is 30.3 Å². The predicted molar refractivity (Wildman–Crippen MR) is 85.9 cm³/mol. The molecule has 0 aromatic heterocycles. The molecule has 4 N–H and O–H groups in total. The third-order valence-electron chi connectivity index (χ3n) is 4.25. The van der Waals surface area contributed by atoms with Crippen LogP contribution in [0.3, 0.4) is 0 Å². The highest BCUT2D eigenvalue weighted by Gasteiger charge is 2.36. The molecule has 1 saturated carbocycles.